The Kier molecular flexibility index (Phi) is 5.62. The van der Waals surface area contributed by atoms with Crippen molar-refractivity contribution in [3.63, 3.8) is 0 Å². The Bertz CT molecular complexity index is 838. The van der Waals surface area contributed by atoms with Gasteiger partial charge in [-0.05, 0) is 49.9 Å². The number of aryl methyl sites for hydroxylation is 1. The molecule has 3 heterocycles. The predicted molar refractivity (Wildman–Crippen MR) is 105 cm³/mol. The minimum absolute atomic E-state index is 0.0157. The highest BCUT2D eigenvalue weighted by molar-refractivity contribution is 6.59. The van der Waals surface area contributed by atoms with Crippen LogP contribution in [0, 0.1) is 5.92 Å². The summed E-state index contributed by atoms with van der Waals surface area (Å²) < 4.78 is 10.9. The molecule has 1 atom stereocenters. The first-order chi connectivity index (χ1) is 14.2. The van der Waals surface area contributed by atoms with Gasteiger partial charge in [0.15, 0.2) is 0 Å². The molecule has 0 aromatic heterocycles. The highest BCUT2D eigenvalue weighted by Gasteiger charge is 2.38. The van der Waals surface area contributed by atoms with E-state index in [-0.39, 0.29) is 41.6 Å². The monoisotopic (exact) mass is 419 g/mol. The van der Waals surface area contributed by atoms with Gasteiger partial charge in [-0.15, -0.1) is 0 Å². The molecule has 0 spiro atoms. The molecule has 164 valence electrons. The molecule has 0 bridgehead atoms. The maximum Gasteiger partial charge on any atom is 0.430 e. The smallest absolute Gasteiger partial charge is 0.430 e. The van der Waals surface area contributed by atoms with Crippen LogP contribution in [0.3, 0.4) is 0 Å². The van der Waals surface area contributed by atoms with E-state index in [2.05, 4.69) is 5.32 Å². The van der Waals surface area contributed by atoms with Gasteiger partial charge >= 0.3 is 6.75 Å². The SMILES string of the molecule is NC(C(=O)N1CC(Oc2ccc3c(c2C(=O)[O-])O[B-](O)(O)CC3)C1)C1CCNCC1. The first kappa shape index (κ1) is 20.9. The molecule has 1 amide bonds. The first-order valence-corrected chi connectivity index (χ1v) is 10.3. The molecule has 2 fully saturated rings. The lowest BCUT2D eigenvalue weighted by molar-refractivity contribution is -0.255. The third kappa shape index (κ3) is 4.11. The summed E-state index contributed by atoms with van der Waals surface area (Å²) in [5.74, 6) is -1.62. The molecular weight excluding hydrogens is 393 g/mol. The van der Waals surface area contributed by atoms with Crippen molar-refractivity contribution >= 4 is 18.6 Å². The van der Waals surface area contributed by atoms with Crippen molar-refractivity contribution in [3.8, 4) is 11.5 Å². The summed E-state index contributed by atoms with van der Waals surface area (Å²) in [6.07, 6.45) is 1.58. The summed E-state index contributed by atoms with van der Waals surface area (Å²) in [4.78, 5) is 25.9. The quantitative estimate of drug-likeness (QED) is 0.390. The van der Waals surface area contributed by atoms with E-state index < -0.39 is 24.9 Å². The van der Waals surface area contributed by atoms with Crippen molar-refractivity contribution in [1.29, 1.82) is 0 Å². The van der Waals surface area contributed by atoms with Gasteiger partial charge in [0.2, 0.25) is 5.91 Å². The van der Waals surface area contributed by atoms with E-state index in [1.165, 1.54) is 6.07 Å². The summed E-state index contributed by atoms with van der Waals surface area (Å²) in [7, 11) is 0. The van der Waals surface area contributed by atoms with Crippen LogP contribution in [-0.2, 0) is 11.2 Å². The van der Waals surface area contributed by atoms with Crippen molar-refractivity contribution in [2.24, 2.45) is 11.7 Å². The molecule has 3 aliphatic rings. The van der Waals surface area contributed by atoms with Crippen LogP contribution >= 0.6 is 0 Å². The highest BCUT2D eigenvalue weighted by Crippen LogP contribution is 2.38. The minimum atomic E-state index is -3.12. The summed E-state index contributed by atoms with van der Waals surface area (Å²) >= 11 is 0. The summed E-state index contributed by atoms with van der Waals surface area (Å²) in [5.41, 5.74) is 6.35. The van der Waals surface area contributed by atoms with Gasteiger partial charge in [0.25, 0.3) is 0 Å². The van der Waals surface area contributed by atoms with Crippen LogP contribution < -0.4 is 25.5 Å². The number of carboxylic acid groups (broad SMARTS) is 1. The van der Waals surface area contributed by atoms with E-state index in [0.717, 1.165) is 25.9 Å². The Morgan fingerprint density at radius 1 is 1.30 bits per heavy atom. The fourth-order valence-electron chi connectivity index (χ4n) is 4.31. The van der Waals surface area contributed by atoms with E-state index in [1.807, 2.05) is 0 Å². The lowest BCUT2D eigenvalue weighted by Gasteiger charge is -2.42. The minimum Gasteiger partial charge on any atom is -0.669 e. The van der Waals surface area contributed by atoms with Gasteiger partial charge in [0.1, 0.15) is 11.9 Å². The number of rotatable bonds is 5. The number of carbonyl (C=O) groups excluding carboxylic acids is 2. The van der Waals surface area contributed by atoms with Crippen LogP contribution in [0.4, 0.5) is 0 Å². The lowest BCUT2D eigenvalue weighted by Crippen LogP contribution is -2.61. The number of nitrogens with one attached hydrogen (secondary N) is 1. The number of piperidine rings is 1. The molecule has 11 heteroatoms. The Morgan fingerprint density at radius 3 is 2.67 bits per heavy atom. The zero-order chi connectivity index (χ0) is 21.5. The number of carboxylic acids is 1. The Hall–Kier alpha value is -2.34. The molecule has 3 aliphatic heterocycles. The Morgan fingerprint density at radius 2 is 2.00 bits per heavy atom. The van der Waals surface area contributed by atoms with Gasteiger partial charge in [-0.2, -0.15) is 0 Å². The summed E-state index contributed by atoms with van der Waals surface area (Å²) in [6.45, 7) is -0.808. The highest BCUT2D eigenvalue weighted by atomic mass is 16.6. The average Bonchev–Trinajstić information content (AvgIpc) is 2.68. The van der Waals surface area contributed by atoms with Crippen molar-refractivity contribution in [2.45, 2.75) is 37.7 Å². The van der Waals surface area contributed by atoms with Crippen LogP contribution in [0.5, 0.6) is 11.5 Å². The van der Waals surface area contributed by atoms with Crippen molar-refractivity contribution in [2.75, 3.05) is 26.2 Å². The summed E-state index contributed by atoms with van der Waals surface area (Å²) in [6, 6.07) is 2.60. The number of nitrogens with zero attached hydrogens (tertiary/aromatic N) is 1. The van der Waals surface area contributed by atoms with Crippen LogP contribution in [-0.4, -0.2) is 71.9 Å². The number of hydrogen-bond acceptors (Lipinski definition) is 9. The molecular formula is C19H26BN3O7-2. The molecule has 0 aliphatic carbocycles. The lowest BCUT2D eigenvalue weighted by atomic mass is 9.70. The van der Waals surface area contributed by atoms with Crippen LogP contribution in [0.2, 0.25) is 6.32 Å². The number of ether oxygens (including phenoxy) is 1. The number of aromatic carboxylic acids is 1. The molecule has 0 saturated carbocycles. The van der Waals surface area contributed by atoms with E-state index in [9.17, 15) is 24.7 Å². The molecule has 4 rings (SSSR count). The molecule has 5 N–H and O–H groups in total. The second-order valence-corrected chi connectivity index (χ2v) is 8.33. The topological polar surface area (TPSA) is 157 Å². The molecule has 30 heavy (non-hydrogen) atoms. The van der Waals surface area contributed by atoms with Crippen molar-refractivity contribution in [3.05, 3.63) is 23.3 Å². The molecule has 10 nitrogen and oxygen atoms in total. The van der Waals surface area contributed by atoms with E-state index >= 15 is 0 Å². The van der Waals surface area contributed by atoms with Crippen molar-refractivity contribution < 1.29 is 34.1 Å². The van der Waals surface area contributed by atoms with Crippen LogP contribution in [0.1, 0.15) is 28.8 Å². The first-order valence-electron chi connectivity index (χ1n) is 10.3. The third-order valence-corrected chi connectivity index (χ3v) is 6.13. The standard InChI is InChI=1S/C19H27BN3O7/c21-16(11-4-7-22-8-5-11)18(24)23-9-13(10-23)29-14-2-1-12-3-6-20(27,28)30-17(12)15(14)19(25)26/h1-2,11,13,16,22,27-28H,3-10,21H2,(H,25,26)/q-1/p-1. The number of hydrogen-bond donors (Lipinski definition) is 4. The second kappa shape index (κ2) is 8.07. The maximum atomic E-state index is 12.6. The number of nitrogens with two attached hydrogens (primary N) is 1. The van der Waals surface area contributed by atoms with Crippen LogP contribution in [0.25, 0.3) is 0 Å². The Labute approximate surface area is 174 Å². The van der Waals surface area contributed by atoms with Crippen LogP contribution in [0.15, 0.2) is 12.1 Å². The zero-order valence-corrected chi connectivity index (χ0v) is 16.6. The summed E-state index contributed by atoms with van der Waals surface area (Å²) in [5, 5.41) is 34.6. The number of amides is 1. The largest absolute Gasteiger partial charge is 0.669 e. The van der Waals surface area contributed by atoms with Gasteiger partial charge in [-0.1, -0.05) is 12.4 Å². The van der Waals surface area contributed by atoms with Gasteiger partial charge in [0.05, 0.1) is 36.4 Å². The molecule has 0 radical (unpaired) electrons. The van der Waals surface area contributed by atoms with Gasteiger partial charge in [-0.3, -0.25) is 4.79 Å². The number of fused-ring (bicyclic) bond motifs is 1. The van der Waals surface area contributed by atoms with Gasteiger partial charge in [0, 0.05) is 0 Å². The molecule has 2 saturated heterocycles. The van der Waals surface area contributed by atoms with Gasteiger partial charge < -0.3 is 45.3 Å². The van der Waals surface area contributed by atoms with E-state index in [0.29, 0.717) is 18.7 Å². The van der Waals surface area contributed by atoms with Crippen molar-refractivity contribution in [1.82, 2.24) is 10.2 Å². The number of benzene rings is 1. The normalized spacial score (nSPS) is 22.4. The molecule has 1 unspecified atom stereocenters. The Balaban J connectivity index is 1.41. The fourth-order valence-corrected chi connectivity index (χ4v) is 4.31. The number of likely N-dealkylation sites (tertiary alicyclic amines) is 1. The predicted octanol–water partition coefficient (Wildman–Crippen LogP) is -2.17. The zero-order valence-electron chi connectivity index (χ0n) is 16.6. The molecule has 1 aromatic carbocycles. The van der Waals surface area contributed by atoms with E-state index in [1.54, 1.807) is 11.0 Å². The third-order valence-electron chi connectivity index (χ3n) is 6.13. The van der Waals surface area contributed by atoms with Gasteiger partial charge in [-0.25, -0.2) is 0 Å². The molecule has 1 aromatic rings. The second-order valence-electron chi connectivity index (χ2n) is 8.33. The maximum absolute atomic E-state index is 12.6. The fraction of sp³-hybridized carbons (Fsp3) is 0.579. The average molecular weight is 419 g/mol. The number of carbonyl (C=O) groups is 2. The van der Waals surface area contributed by atoms with E-state index in [4.69, 9.17) is 15.1 Å².